The lowest BCUT2D eigenvalue weighted by Crippen LogP contribution is -2.22. The van der Waals surface area contributed by atoms with Crippen molar-refractivity contribution in [3.63, 3.8) is 0 Å². The third-order valence-corrected chi connectivity index (χ3v) is 4.05. The van der Waals surface area contributed by atoms with Crippen molar-refractivity contribution in [2.45, 2.75) is 27.3 Å². The van der Waals surface area contributed by atoms with Crippen molar-refractivity contribution in [1.29, 1.82) is 0 Å². The van der Waals surface area contributed by atoms with Gasteiger partial charge in [0.2, 0.25) is 5.91 Å². The van der Waals surface area contributed by atoms with Crippen LogP contribution in [0.2, 0.25) is 0 Å². The topological polar surface area (TPSA) is 62.7 Å². The van der Waals surface area contributed by atoms with Gasteiger partial charge in [-0.05, 0) is 61.3 Å². The van der Waals surface area contributed by atoms with Crippen LogP contribution in [-0.4, -0.2) is 20.7 Å². The summed E-state index contributed by atoms with van der Waals surface area (Å²) in [4.78, 5) is 11.9. The van der Waals surface area contributed by atoms with Gasteiger partial charge in [0.1, 0.15) is 0 Å². The Morgan fingerprint density at radius 3 is 2.64 bits per heavy atom. The van der Waals surface area contributed by atoms with Crippen molar-refractivity contribution in [1.82, 2.24) is 20.1 Å². The highest BCUT2D eigenvalue weighted by Gasteiger charge is 2.04. The van der Waals surface area contributed by atoms with Crippen LogP contribution in [0.1, 0.15) is 28.1 Å². The number of nitrogens with one attached hydrogen (secondary N) is 2. The number of nitrogens with zero attached hydrogens (tertiary/aromatic N) is 2. The van der Waals surface area contributed by atoms with Crippen LogP contribution in [0, 0.1) is 25.5 Å². The maximum absolute atomic E-state index is 11.9. The monoisotopic (exact) mass is 316 g/mol. The maximum atomic E-state index is 11.9. The van der Waals surface area contributed by atoms with Gasteiger partial charge in [-0.3, -0.25) is 9.89 Å². The maximum Gasteiger partial charge on any atom is 0.244 e. The average molecular weight is 316 g/mol. The molecule has 0 atom stereocenters. The molecule has 0 aliphatic rings. The minimum absolute atomic E-state index is 0.161. The van der Waals surface area contributed by atoms with Crippen LogP contribution >= 0.6 is 12.2 Å². The van der Waals surface area contributed by atoms with Crippen molar-refractivity contribution < 1.29 is 4.79 Å². The quantitative estimate of drug-likeness (QED) is 0.673. The molecule has 6 heteroatoms. The number of rotatable bonds is 4. The Hall–Kier alpha value is -2.21. The van der Waals surface area contributed by atoms with E-state index in [9.17, 15) is 4.79 Å². The molecule has 1 amide bonds. The van der Waals surface area contributed by atoms with Gasteiger partial charge in [0.05, 0.1) is 6.54 Å². The fraction of sp³-hybridized carbons (Fsp3) is 0.312. The fourth-order valence-electron chi connectivity index (χ4n) is 2.09. The van der Waals surface area contributed by atoms with Crippen LogP contribution in [0.15, 0.2) is 18.2 Å². The van der Waals surface area contributed by atoms with E-state index in [-0.39, 0.29) is 5.91 Å². The van der Waals surface area contributed by atoms with Crippen molar-refractivity contribution in [3.8, 4) is 0 Å². The normalized spacial score (nSPS) is 11.1. The molecule has 0 aliphatic heterocycles. The van der Waals surface area contributed by atoms with Gasteiger partial charge in [-0.15, -0.1) is 0 Å². The highest BCUT2D eigenvalue weighted by molar-refractivity contribution is 7.71. The molecule has 2 aromatic rings. The van der Waals surface area contributed by atoms with E-state index in [1.165, 1.54) is 11.1 Å². The number of hydrogen-bond donors (Lipinski definition) is 2. The van der Waals surface area contributed by atoms with E-state index in [0.717, 1.165) is 11.1 Å². The standard InChI is InChI=1S/C16H20N4OS/c1-10-7-12(3)13(8-11(10)2)5-6-15(21)17-9-14-18-19-16(22)20(14)4/h5-8H,9H2,1-4H3,(H,17,21)(H,19,22)/b6-5+. The van der Waals surface area contributed by atoms with Crippen molar-refractivity contribution in [2.24, 2.45) is 7.05 Å². The van der Waals surface area contributed by atoms with E-state index in [1.54, 1.807) is 10.6 Å². The Balaban J connectivity index is 2.01. The summed E-state index contributed by atoms with van der Waals surface area (Å²) in [6, 6.07) is 4.22. The van der Waals surface area contributed by atoms with Crippen molar-refractivity contribution >= 4 is 24.2 Å². The Kier molecular flexibility index (Phi) is 4.92. The van der Waals surface area contributed by atoms with Gasteiger partial charge in [-0.2, -0.15) is 5.10 Å². The minimum Gasteiger partial charge on any atom is -0.345 e. The smallest absolute Gasteiger partial charge is 0.244 e. The zero-order chi connectivity index (χ0) is 16.3. The van der Waals surface area contributed by atoms with Crippen LogP contribution < -0.4 is 5.32 Å². The molecule has 1 heterocycles. The lowest BCUT2D eigenvalue weighted by Gasteiger charge is -2.06. The Morgan fingerprint density at radius 1 is 1.32 bits per heavy atom. The summed E-state index contributed by atoms with van der Waals surface area (Å²) in [6.45, 7) is 6.52. The fourth-order valence-corrected chi connectivity index (χ4v) is 2.24. The molecule has 0 spiro atoms. The zero-order valence-corrected chi connectivity index (χ0v) is 14.0. The second kappa shape index (κ2) is 6.70. The van der Waals surface area contributed by atoms with Crippen molar-refractivity contribution in [2.75, 3.05) is 0 Å². The van der Waals surface area contributed by atoms with E-state index < -0.39 is 0 Å². The molecule has 2 N–H and O–H groups in total. The molecular formula is C16H20N4OS. The summed E-state index contributed by atoms with van der Waals surface area (Å²) in [5, 5.41) is 9.53. The van der Waals surface area contributed by atoms with Crippen LogP contribution in [0.25, 0.3) is 6.08 Å². The molecule has 0 unspecified atom stereocenters. The average Bonchev–Trinajstić information content (AvgIpc) is 2.79. The van der Waals surface area contributed by atoms with Gasteiger partial charge < -0.3 is 9.88 Å². The predicted octanol–water partition coefficient (Wildman–Crippen LogP) is 2.73. The molecule has 1 aromatic heterocycles. The van der Waals surface area contributed by atoms with E-state index in [1.807, 2.05) is 20.0 Å². The molecule has 0 bridgehead atoms. The first kappa shape index (κ1) is 16.2. The van der Waals surface area contributed by atoms with Gasteiger partial charge >= 0.3 is 0 Å². The summed E-state index contributed by atoms with van der Waals surface area (Å²) in [7, 11) is 1.81. The predicted molar refractivity (Wildman–Crippen MR) is 89.9 cm³/mol. The van der Waals surface area contributed by atoms with Crippen LogP contribution in [0.5, 0.6) is 0 Å². The van der Waals surface area contributed by atoms with Crippen LogP contribution in [-0.2, 0) is 18.4 Å². The zero-order valence-electron chi connectivity index (χ0n) is 13.2. The van der Waals surface area contributed by atoms with E-state index in [4.69, 9.17) is 12.2 Å². The van der Waals surface area contributed by atoms with Crippen LogP contribution in [0.3, 0.4) is 0 Å². The highest BCUT2D eigenvalue weighted by Crippen LogP contribution is 2.16. The largest absolute Gasteiger partial charge is 0.345 e. The number of aromatic nitrogens is 3. The van der Waals surface area contributed by atoms with E-state index >= 15 is 0 Å². The molecule has 0 aliphatic carbocycles. The van der Waals surface area contributed by atoms with Gasteiger partial charge in [0.15, 0.2) is 10.6 Å². The molecule has 0 fully saturated rings. The molecule has 1 aromatic carbocycles. The Morgan fingerprint density at radius 2 is 2.00 bits per heavy atom. The number of benzene rings is 1. The molecule has 116 valence electrons. The molecule has 0 saturated heterocycles. The molecule has 5 nitrogen and oxygen atoms in total. The second-order valence-corrected chi connectivity index (χ2v) is 5.73. The number of amides is 1. The van der Waals surface area contributed by atoms with Crippen molar-refractivity contribution in [3.05, 3.63) is 51.1 Å². The first-order valence-electron chi connectivity index (χ1n) is 7.02. The molecular weight excluding hydrogens is 296 g/mol. The Bertz CT molecular complexity index is 786. The number of carbonyl (C=O) groups excluding carboxylic acids is 1. The van der Waals surface area contributed by atoms with Crippen LogP contribution in [0.4, 0.5) is 0 Å². The molecule has 22 heavy (non-hydrogen) atoms. The summed E-state index contributed by atoms with van der Waals surface area (Å²) < 4.78 is 2.26. The highest BCUT2D eigenvalue weighted by atomic mass is 32.1. The third kappa shape index (κ3) is 3.71. The number of aryl methyl sites for hydroxylation is 3. The number of aromatic amines is 1. The first-order valence-corrected chi connectivity index (χ1v) is 7.43. The van der Waals surface area contributed by atoms with Gasteiger partial charge in [-0.25, -0.2) is 0 Å². The number of carbonyl (C=O) groups is 1. The summed E-state index contributed by atoms with van der Waals surface area (Å²) in [6.07, 6.45) is 3.37. The molecule has 2 rings (SSSR count). The lowest BCUT2D eigenvalue weighted by molar-refractivity contribution is -0.116. The SMILES string of the molecule is Cc1cc(C)c(/C=C/C(=O)NCc2n[nH]c(=S)n2C)cc1C. The van der Waals surface area contributed by atoms with E-state index in [2.05, 4.69) is 41.5 Å². The molecule has 0 radical (unpaired) electrons. The number of H-pyrrole nitrogens is 1. The van der Waals surface area contributed by atoms with Gasteiger partial charge in [0, 0.05) is 13.1 Å². The first-order chi connectivity index (χ1) is 10.4. The lowest BCUT2D eigenvalue weighted by atomic mass is 10.0. The summed E-state index contributed by atoms with van der Waals surface area (Å²) >= 11 is 5.02. The summed E-state index contributed by atoms with van der Waals surface area (Å²) in [5.41, 5.74) is 4.68. The Labute approximate surface area is 135 Å². The van der Waals surface area contributed by atoms with E-state index in [0.29, 0.717) is 17.1 Å². The third-order valence-electron chi connectivity index (χ3n) is 3.69. The number of hydrogen-bond acceptors (Lipinski definition) is 3. The second-order valence-electron chi connectivity index (χ2n) is 5.35. The minimum atomic E-state index is -0.161. The summed E-state index contributed by atoms with van der Waals surface area (Å²) in [5.74, 6) is 0.528. The molecule has 0 saturated carbocycles. The van der Waals surface area contributed by atoms with Gasteiger partial charge in [0.25, 0.3) is 0 Å². The van der Waals surface area contributed by atoms with Gasteiger partial charge in [-0.1, -0.05) is 12.1 Å².